The molecule has 1 amide bonds. The SMILES string of the molecule is CCP(=O)(CC)c1c(C)cc(-n2ccn(-c3c4c(nn3-c3cc(C)c(F)c(C)c3)CCN(C(=O)c3cc5cc(C6CCOCC6)ccc5[nH]3)[C@H]4C)c2=O)cc1NC. The number of nitrogens with one attached hydrogen (secondary N) is 2. The van der Waals surface area contributed by atoms with E-state index in [0.29, 0.717) is 65.2 Å². The molecule has 2 aliphatic rings. The number of nitrogens with zero attached hydrogens (tertiary/aromatic N) is 5. The highest BCUT2D eigenvalue weighted by molar-refractivity contribution is 7.72. The van der Waals surface area contributed by atoms with Gasteiger partial charge in [-0.2, -0.15) is 5.10 Å². The zero-order valence-corrected chi connectivity index (χ0v) is 34.7. The Morgan fingerprint density at radius 1 is 0.965 bits per heavy atom. The van der Waals surface area contributed by atoms with Crippen molar-refractivity contribution >= 4 is 34.9 Å². The zero-order chi connectivity index (χ0) is 40.3. The first kappa shape index (κ1) is 38.7. The molecule has 11 nitrogen and oxygen atoms in total. The van der Waals surface area contributed by atoms with Gasteiger partial charge in [-0.3, -0.25) is 13.9 Å². The number of anilines is 1. The Morgan fingerprint density at radius 2 is 1.65 bits per heavy atom. The number of aromatic amines is 1. The summed E-state index contributed by atoms with van der Waals surface area (Å²) in [7, 11) is -0.838. The van der Waals surface area contributed by atoms with Gasteiger partial charge in [0.1, 0.15) is 24.5 Å². The molecule has 57 heavy (non-hydrogen) atoms. The van der Waals surface area contributed by atoms with Crippen LogP contribution in [0.2, 0.25) is 0 Å². The van der Waals surface area contributed by atoms with E-state index in [0.717, 1.165) is 64.8 Å². The molecule has 1 saturated heterocycles. The van der Waals surface area contributed by atoms with E-state index in [1.165, 1.54) is 5.56 Å². The Balaban J connectivity index is 1.22. The minimum atomic E-state index is -2.64. The number of hydrogen-bond donors (Lipinski definition) is 2. The molecular formula is C44H51FN7O4P. The molecule has 0 radical (unpaired) electrons. The summed E-state index contributed by atoms with van der Waals surface area (Å²) in [6, 6.07) is 15.1. The number of aromatic nitrogens is 5. The Morgan fingerprint density at radius 3 is 2.33 bits per heavy atom. The molecule has 8 rings (SSSR count). The number of carbonyl (C=O) groups is 1. The molecule has 0 spiro atoms. The Hall–Kier alpha value is -5.19. The van der Waals surface area contributed by atoms with Gasteiger partial charge in [0.15, 0.2) is 0 Å². The van der Waals surface area contributed by atoms with Gasteiger partial charge < -0.3 is 24.5 Å². The van der Waals surface area contributed by atoms with E-state index in [1.54, 1.807) is 59.2 Å². The number of rotatable bonds is 9. The molecule has 3 aromatic heterocycles. The summed E-state index contributed by atoms with van der Waals surface area (Å²) in [5, 5.41) is 10.1. The number of imidazole rings is 1. The van der Waals surface area contributed by atoms with Gasteiger partial charge in [0, 0.05) is 85.4 Å². The van der Waals surface area contributed by atoms with Gasteiger partial charge in [-0.05, 0) is 111 Å². The van der Waals surface area contributed by atoms with Gasteiger partial charge in [0.05, 0.1) is 23.1 Å². The largest absolute Gasteiger partial charge is 0.387 e. The summed E-state index contributed by atoms with van der Waals surface area (Å²) in [5.41, 5.74) is 7.59. The van der Waals surface area contributed by atoms with Gasteiger partial charge in [0.2, 0.25) is 0 Å². The fourth-order valence-electron chi connectivity index (χ4n) is 9.00. The van der Waals surface area contributed by atoms with Crippen LogP contribution in [-0.4, -0.2) is 73.8 Å². The minimum absolute atomic E-state index is 0.138. The lowest BCUT2D eigenvalue weighted by Gasteiger charge is -2.33. The first-order valence-corrected chi connectivity index (χ1v) is 22.1. The average Bonchev–Trinajstić information content (AvgIpc) is 3.94. The third kappa shape index (κ3) is 6.56. The second kappa shape index (κ2) is 15.0. The van der Waals surface area contributed by atoms with Gasteiger partial charge in [-0.15, -0.1) is 0 Å². The van der Waals surface area contributed by atoms with Crippen LogP contribution in [0.15, 0.2) is 65.7 Å². The molecule has 1 atom stereocenters. The van der Waals surface area contributed by atoms with Gasteiger partial charge >= 0.3 is 5.69 Å². The number of halogens is 1. The standard InChI is InChI=1S/C44H51FN7O4P/c1-8-57(55,9-2)41-28(5)22-33(25-37(41)46-7)50-16-17-51(44(50)54)42-39-29(6)49(15-12-36(39)48-52(42)34-20-26(3)40(45)27(4)21-34)43(53)38-24-32-23-31(10-11-35(32)47-38)30-13-18-56-19-14-30/h10-11,16-17,20-25,29-30,46-47H,8-9,12-15,18-19H2,1-7H3/t29-/m0/s1. The number of fused-ring (bicyclic) bond motifs is 2. The lowest BCUT2D eigenvalue weighted by molar-refractivity contribution is 0.0672. The van der Waals surface area contributed by atoms with Crippen LogP contribution in [0.3, 0.4) is 0 Å². The molecule has 3 aromatic carbocycles. The zero-order valence-electron chi connectivity index (χ0n) is 33.8. The van der Waals surface area contributed by atoms with Gasteiger partial charge in [-0.25, -0.2) is 13.9 Å². The van der Waals surface area contributed by atoms with Crippen LogP contribution in [-0.2, 0) is 15.7 Å². The molecular weight excluding hydrogens is 741 g/mol. The molecule has 0 unspecified atom stereocenters. The third-order valence-electron chi connectivity index (χ3n) is 12.2. The summed E-state index contributed by atoms with van der Waals surface area (Å²) in [6.45, 7) is 13.2. The van der Waals surface area contributed by atoms with Crippen LogP contribution in [0.25, 0.3) is 28.1 Å². The number of H-pyrrole nitrogens is 1. The van der Waals surface area contributed by atoms with Gasteiger partial charge in [0.25, 0.3) is 5.91 Å². The van der Waals surface area contributed by atoms with Crippen LogP contribution in [0.1, 0.15) is 89.6 Å². The van der Waals surface area contributed by atoms with E-state index in [1.807, 2.05) is 50.8 Å². The van der Waals surface area contributed by atoms with Crippen molar-refractivity contribution in [2.45, 2.75) is 72.8 Å². The average molecular weight is 792 g/mol. The van der Waals surface area contributed by atoms with Crippen molar-refractivity contribution in [1.82, 2.24) is 28.8 Å². The molecule has 1 fully saturated rings. The second-order valence-corrected chi connectivity index (χ2v) is 19.1. The highest BCUT2D eigenvalue weighted by Crippen LogP contribution is 2.47. The summed E-state index contributed by atoms with van der Waals surface area (Å²) >= 11 is 0. The lowest BCUT2D eigenvalue weighted by Crippen LogP contribution is -2.39. The van der Waals surface area contributed by atoms with Crippen molar-refractivity contribution in [3.05, 3.63) is 116 Å². The molecule has 298 valence electrons. The maximum Gasteiger partial charge on any atom is 0.338 e. The Kier molecular flexibility index (Phi) is 10.1. The number of aryl methyl sites for hydroxylation is 3. The number of hydrogen-bond acceptors (Lipinski definition) is 6. The van der Waals surface area contributed by atoms with E-state index in [9.17, 15) is 18.5 Å². The van der Waals surface area contributed by atoms with Crippen LogP contribution in [0.4, 0.5) is 10.1 Å². The van der Waals surface area contributed by atoms with Gasteiger partial charge in [-0.1, -0.05) is 19.9 Å². The fourth-order valence-corrected chi connectivity index (χ4v) is 11.4. The Bertz CT molecular complexity index is 2620. The maximum absolute atomic E-state index is 15.0. The van der Waals surface area contributed by atoms with Crippen LogP contribution in [0.5, 0.6) is 0 Å². The molecule has 2 aliphatic heterocycles. The van der Waals surface area contributed by atoms with Crippen LogP contribution in [0, 0.1) is 26.6 Å². The van der Waals surface area contributed by atoms with E-state index in [2.05, 4.69) is 28.5 Å². The summed E-state index contributed by atoms with van der Waals surface area (Å²) in [5.74, 6) is 0.499. The van der Waals surface area contributed by atoms with Crippen molar-refractivity contribution < 1.29 is 18.5 Å². The second-order valence-electron chi connectivity index (χ2n) is 15.6. The minimum Gasteiger partial charge on any atom is -0.387 e. The van der Waals surface area contributed by atoms with Crippen molar-refractivity contribution in [1.29, 1.82) is 0 Å². The van der Waals surface area contributed by atoms with E-state index >= 15 is 0 Å². The van der Waals surface area contributed by atoms with E-state index in [-0.39, 0.29) is 17.4 Å². The monoisotopic (exact) mass is 791 g/mol. The number of benzene rings is 3. The first-order valence-electron chi connectivity index (χ1n) is 20.0. The molecule has 5 heterocycles. The van der Waals surface area contributed by atoms with Crippen LogP contribution >= 0.6 is 7.14 Å². The highest BCUT2D eigenvalue weighted by Gasteiger charge is 2.36. The van der Waals surface area contributed by atoms with E-state index in [4.69, 9.17) is 9.84 Å². The maximum atomic E-state index is 15.0. The Labute approximate surface area is 332 Å². The molecule has 2 N–H and O–H groups in total. The predicted molar refractivity (Wildman–Crippen MR) is 225 cm³/mol. The normalized spacial score (nSPS) is 16.4. The van der Waals surface area contributed by atoms with Crippen molar-refractivity contribution in [2.75, 3.05) is 44.4 Å². The number of ether oxygens (including phenoxy) is 1. The van der Waals surface area contributed by atoms with Crippen molar-refractivity contribution in [2.24, 2.45) is 0 Å². The van der Waals surface area contributed by atoms with Crippen LogP contribution < -0.4 is 16.3 Å². The topological polar surface area (TPSA) is 119 Å². The van der Waals surface area contributed by atoms with Crippen molar-refractivity contribution in [3.63, 3.8) is 0 Å². The highest BCUT2D eigenvalue weighted by atomic mass is 31.2. The quantitative estimate of drug-likeness (QED) is 0.143. The summed E-state index contributed by atoms with van der Waals surface area (Å²) < 4.78 is 39.3. The summed E-state index contributed by atoms with van der Waals surface area (Å²) in [6.07, 6.45) is 6.96. The smallest absolute Gasteiger partial charge is 0.338 e. The predicted octanol–water partition coefficient (Wildman–Crippen LogP) is 8.08. The molecule has 6 aromatic rings. The number of amides is 1. The summed E-state index contributed by atoms with van der Waals surface area (Å²) in [4.78, 5) is 34.3. The fraction of sp³-hybridized carbons (Fsp3) is 0.386. The third-order valence-corrected chi connectivity index (χ3v) is 15.7. The number of carbonyl (C=O) groups excluding carboxylic acids is 1. The van der Waals surface area contributed by atoms with Crippen molar-refractivity contribution in [3.8, 4) is 17.2 Å². The molecule has 0 aliphatic carbocycles. The molecule has 13 heteroatoms. The van der Waals surface area contributed by atoms with E-state index < -0.39 is 13.2 Å². The first-order chi connectivity index (χ1) is 27.4. The lowest BCUT2D eigenvalue weighted by atomic mass is 9.91. The molecule has 0 saturated carbocycles. The molecule has 0 bridgehead atoms.